The highest BCUT2D eigenvalue weighted by molar-refractivity contribution is 9.10. The van der Waals surface area contributed by atoms with E-state index in [1.54, 1.807) is 19.1 Å². The van der Waals surface area contributed by atoms with Crippen molar-refractivity contribution in [2.24, 2.45) is 0 Å². The van der Waals surface area contributed by atoms with Gasteiger partial charge in [0.1, 0.15) is 0 Å². The Labute approximate surface area is 143 Å². The van der Waals surface area contributed by atoms with Crippen molar-refractivity contribution < 1.29 is 19.1 Å². The normalized spacial score (nSPS) is 11.6. The summed E-state index contributed by atoms with van der Waals surface area (Å²) in [6.45, 7) is 3.45. The average molecular weight is 377 g/mol. The summed E-state index contributed by atoms with van der Waals surface area (Å²) in [6, 6.07) is 14.9. The molecule has 0 unspecified atom stereocenters. The van der Waals surface area contributed by atoms with E-state index in [4.69, 9.17) is 9.47 Å². The first kappa shape index (κ1) is 17.2. The molecule has 5 heteroatoms. The zero-order valence-electron chi connectivity index (χ0n) is 12.9. The third-order valence-corrected chi connectivity index (χ3v) is 3.73. The van der Waals surface area contributed by atoms with Gasteiger partial charge in [0.25, 0.3) is 0 Å². The van der Waals surface area contributed by atoms with Gasteiger partial charge in [-0.1, -0.05) is 40.2 Å². The molecule has 0 heterocycles. The Kier molecular flexibility index (Phi) is 5.93. The molecule has 120 valence electrons. The van der Waals surface area contributed by atoms with Crippen molar-refractivity contribution in [1.29, 1.82) is 0 Å². The Hall–Kier alpha value is -2.14. The third kappa shape index (κ3) is 4.66. The van der Waals surface area contributed by atoms with Gasteiger partial charge in [-0.05, 0) is 49.2 Å². The van der Waals surface area contributed by atoms with E-state index in [0.29, 0.717) is 5.56 Å². The molecule has 0 radical (unpaired) electrons. The van der Waals surface area contributed by atoms with E-state index in [1.165, 1.54) is 6.92 Å². The monoisotopic (exact) mass is 376 g/mol. The number of benzene rings is 2. The summed E-state index contributed by atoms with van der Waals surface area (Å²) in [5, 5.41) is 0. The molecule has 0 fully saturated rings. The Bertz CT molecular complexity index is 677. The molecule has 0 amide bonds. The van der Waals surface area contributed by atoms with Crippen molar-refractivity contribution in [1.82, 2.24) is 0 Å². The first-order chi connectivity index (χ1) is 11.0. The minimum Gasteiger partial charge on any atom is -0.463 e. The van der Waals surface area contributed by atoms with Crippen LogP contribution in [-0.4, -0.2) is 24.6 Å². The number of halogens is 1. The maximum Gasteiger partial charge on any atom is 0.347 e. The molecular formula is C18H17BrO4. The standard InChI is InChI=1S/C18H17BrO4/c1-3-22-17(20)12(2)23-18(21)15-6-4-13(5-7-15)14-8-10-16(19)11-9-14/h4-12H,3H2,1-2H3/t12-/m0/s1. The van der Waals surface area contributed by atoms with E-state index in [9.17, 15) is 9.59 Å². The van der Waals surface area contributed by atoms with Gasteiger partial charge in [-0.3, -0.25) is 0 Å². The van der Waals surface area contributed by atoms with Gasteiger partial charge in [0, 0.05) is 4.47 Å². The van der Waals surface area contributed by atoms with Crippen molar-refractivity contribution in [3.8, 4) is 11.1 Å². The lowest BCUT2D eigenvalue weighted by Gasteiger charge is -2.12. The summed E-state index contributed by atoms with van der Waals surface area (Å²) in [4.78, 5) is 23.5. The Morgan fingerprint density at radius 2 is 1.52 bits per heavy atom. The summed E-state index contributed by atoms with van der Waals surface area (Å²) in [5.41, 5.74) is 2.43. The molecule has 2 rings (SSSR count). The second-order valence-electron chi connectivity index (χ2n) is 4.88. The van der Waals surface area contributed by atoms with Gasteiger partial charge in [0.05, 0.1) is 12.2 Å². The smallest absolute Gasteiger partial charge is 0.347 e. The maximum absolute atomic E-state index is 12.0. The molecule has 0 aliphatic heterocycles. The SMILES string of the molecule is CCOC(=O)[C@H](C)OC(=O)c1ccc(-c2ccc(Br)cc2)cc1. The van der Waals surface area contributed by atoms with Gasteiger partial charge >= 0.3 is 11.9 Å². The minimum atomic E-state index is -0.923. The van der Waals surface area contributed by atoms with Crippen LogP contribution >= 0.6 is 15.9 Å². The number of hydrogen-bond donors (Lipinski definition) is 0. The van der Waals surface area contributed by atoms with E-state index in [2.05, 4.69) is 15.9 Å². The van der Waals surface area contributed by atoms with E-state index in [-0.39, 0.29) is 6.61 Å². The fourth-order valence-electron chi connectivity index (χ4n) is 1.98. The van der Waals surface area contributed by atoms with Crippen LogP contribution in [0.1, 0.15) is 24.2 Å². The highest BCUT2D eigenvalue weighted by Crippen LogP contribution is 2.22. The molecule has 4 nitrogen and oxygen atoms in total. The lowest BCUT2D eigenvalue weighted by Crippen LogP contribution is -2.26. The van der Waals surface area contributed by atoms with Gasteiger partial charge in [0.15, 0.2) is 6.10 Å². The first-order valence-electron chi connectivity index (χ1n) is 7.25. The van der Waals surface area contributed by atoms with Gasteiger partial charge in [-0.2, -0.15) is 0 Å². The van der Waals surface area contributed by atoms with Gasteiger partial charge < -0.3 is 9.47 Å². The van der Waals surface area contributed by atoms with E-state index >= 15 is 0 Å². The Balaban J connectivity index is 2.05. The zero-order chi connectivity index (χ0) is 16.8. The molecule has 0 saturated heterocycles. The molecule has 2 aromatic carbocycles. The van der Waals surface area contributed by atoms with Gasteiger partial charge in [-0.15, -0.1) is 0 Å². The molecule has 23 heavy (non-hydrogen) atoms. The van der Waals surface area contributed by atoms with Gasteiger partial charge in [-0.25, -0.2) is 9.59 Å². The molecule has 0 N–H and O–H groups in total. The number of carbonyl (C=O) groups excluding carboxylic acids is 2. The lowest BCUT2D eigenvalue weighted by molar-refractivity contribution is -0.152. The van der Waals surface area contributed by atoms with Crippen molar-refractivity contribution in [3.05, 3.63) is 58.6 Å². The third-order valence-electron chi connectivity index (χ3n) is 3.20. The quantitative estimate of drug-likeness (QED) is 0.732. The molecule has 0 aromatic heterocycles. The van der Waals surface area contributed by atoms with Crippen LogP contribution in [0.25, 0.3) is 11.1 Å². The van der Waals surface area contributed by atoms with Crippen LogP contribution in [0.3, 0.4) is 0 Å². The first-order valence-corrected chi connectivity index (χ1v) is 8.04. The Morgan fingerprint density at radius 3 is 2.04 bits per heavy atom. The van der Waals surface area contributed by atoms with Crippen LogP contribution < -0.4 is 0 Å². The molecule has 2 aromatic rings. The van der Waals surface area contributed by atoms with Crippen LogP contribution in [0.15, 0.2) is 53.0 Å². The topological polar surface area (TPSA) is 52.6 Å². The van der Waals surface area contributed by atoms with Crippen molar-refractivity contribution in [2.75, 3.05) is 6.61 Å². The van der Waals surface area contributed by atoms with E-state index in [1.807, 2.05) is 36.4 Å². The number of carbonyl (C=O) groups is 2. The number of ether oxygens (including phenoxy) is 2. The summed E-state index contributed by atoms with van der Waals surface area (Å²) in [5.74, 6) is -1.10. The predicted molar refractivity (Wildman–Crippen MR) is 91.1 cm³/mol. The molecule has 0 aliphatic carbocycles. The summed E-state index contributed by atoms with van der Waals surface area (Å²) < 4.78 is 10.9. The fourth-order valence-corrected chi connectivity index (χ4v) is 2.24. The molecule has 0 spiro atoms. The highest BCUT2D eigenvalue weighted by Gasteiger charge is 2.19. The highest BCUT2D eigenvalue weighted by atomic mass is 79.9. The average Bonchev–Trinajstić information content (AvgIpc) is 2.56. The Morgan fingerprint density at radius 1 is 1.00 bits per heavy atom. The van der Waals surface area contributed by atoms with Crippen LogP contribution in [0.4, 0.5) is 0 Å². The zero-order valence-corrected chi connectivity index (χ0v) is 14.5. The summed E-state index contributed by atoms with van der Waals surface area (Å²) >= 11 is 3.40. The molecular weight excluding hydrogens is 360 g/mol. The largest absolute Gasteiger partial charge is 0.463 e. The van der Waals surface area contributed by atoms with E-state index < -0.39 is 18.0 Å². The van der Waals surface area contributed by atoms with Crippen molar-refractivity contribution in [2.45, 2.75) is 20.0 Å². The second-order valence-corrected chi connectivity index (χ2v) is 5.80. The fraction of sp³-hybridized carbons (Fsp3) is 0.222. The van der Waals surface area contributed by atoms with Crippen LogP contribution in [-0.2, 0) is 14.3 Å². The molecule has 1 atom stereocenters. The van der Waals surface area contributed by atoms with Crippen LogP contribution in [0.2, 0.25) is 0 Å². The van der Waals surface area contributed by atoms with Crippen molar-refractivity contribution in [3.63, 3.8) is 0 Å². The minimum absolute atomic E-state index is 0.253. The van der Waals surface area contributed by atoms with E-state index in [0.717, 1.165) is 15.6 Å². The molecule has 0 bridgehead atoms. The second kappa shape index (κ2) is 7.92. The summed E-state index contributed by atoms with van der Waals surface area (Å²) in [7, 11) is 0. The number of hydrogen-bond acceptors (Lipinski definition) is 4. The van der Waals surface area contributed by atoms with Crippen LogP contribution in [0, 0.1) is 0 Å². The van der Waals surface area contributed by atoms with Crippen LogP contribution in [0.5, 0.6) is 0 Å². The molecule has 0 saturated carbocycles. The number of rotatable bonds is 5. The maximum atomic E-state index is 12.0. The van der Waals surface area contributed by atoms with Crippen molar-refractivity contribution >= 4 is 27.9 Å². The lowest BCUT2D eigenvalue weighted by atomic mass is 10.0. The predicted octanol–water partition coefficient (Wildman–Crippen LogP) is 4.22. The molecule has 0 aliphatic rings. The number of esters is 2. The summed E-state index contributed by atoms with van der Waals surface area (Å²) in [6.07, 6.45) is -0.923. The van der Waals surface area contributed by atoms with Gasteiger partial charge in [0.2, 0.25) is 0 Å².